The van der Waals surface area contributed by atoms with E-state index in [9.17, 15) is 14.0 Å². The highest BCUT2D eigenvalue weighted by atomic mass is 19.1. The molecule has 0 radical (unpaired) electrons. The number of ether oxygens (including phenoxy) is 1. The highest BCUT2D eigenvalue weighted by Gasteiger charge is 2.26. The molecule has 2 aromatic carbocycles. The molecule has 28 heavy (non-hydrogen) atoms. The van der Waals surface area contributed by atoms with Crippen molar-refractivity contribution >= 4 is 17.6 Å². The SMILES string of the molecule is CNC(=O)C1CCN(C(=O)Nc2cccc(OCc3cccc(F)c3)c2)CC1. The topological polar surface area (TPSA) is 70.7 Å². The van der Waals surface area contributed by atoms with E-state index in [0.717, 1.165) is 5.56 Å². The molecular formula is C21H24FN3O3. The van der Waals surface area contributed by atoms with Crippen LogP contribution in [-0.4, -0.2) is 37.0 Å². The van der Waals surface area contributed by atoms with Crippen LogP contribution in [0.1, 0.15) is 18.4 Å². The lowest BCUT2D eigenvalue weighted by Gasteiger charge is -2.31. The molecule has 0 atom stereocenters. The number of rotatable bonds is 5. The van der Waals surface area contributed by atoms with Gasteiger partial charge in [-0.25, -0.2) is 9.18 Å². The van der Waals surface area contributed by atoms with Crippen molar-refractivity contribution in [3.8, 4) is 5.75 Å². The van der Waals surface area contributed by atoms with E-state index in [0.29, 0.717) is 37.4 Å². The molecule has 1 saturated heterocycles. The maximum Gasteiger partial charge on any atom is 0.321 e. The average Bonchev–Trinajstić information content (AvgIpc) is 2.72. The van der Waals surface area contributed by atoms with E-state index in [1.54, 1.807) is 48.3 Å². The largest absolute Gasteiger partial charge is 0.489 e. The number of halogens is 1. The van der Waals surface area contributed by atoms with Crippen molar-refractivity contribution in [3.63, 3.8) is 0 Å². The van der Waals surface area contributed by atoms with Crippen LogP contribution >= 0.6 is 0 Å². The number of likely N-dealkylation sites (tertiary alicyclic amines) is 1. The summed E-state index contributed by atoms with van der Waals surface area (Å²) in [6.07, 6.45) is 1.31. The van der Waals surface area contributed by atoms with Gasteiger partial charge in [-0.15, -0.1) is 0 Å². The predicted octanol–water partition coefficient (Wildman–Crippen LogP) is 3.39. The predicted molar refractivity (Wildman–Crippen MR) is 105 cm³/mol. The van der Waals surface area contributed by atoms with Crippen molar-refractivity contribution in [2.24, 2.45) is 5.92 Å². The zero-order chi connectivity index (χ0) is 19.9. The molecule has 1 fully saturated rings. The highest BCUT2D eigenvalue weighted by molar-refractivity contribution is 5.89. The van der Waals surface area contributed by atoms with Crippen molar-refractivity contribution in [3.05, 3.63) is 59.9 Å². The molecule has 1 aliphatic heterocycles. The van der Waals surface area contributed by atoms with Gasteiger partial charge in [0.05, 0.1) is 0 Å². The van der Waals surface area contributed by atoms with Crippen LogP contribution in [0.25, 0.3) is 0 Å². The van der Waals surface area contributed by atoms with E-state index in [-0.39, 0.29) is 30.3 Å². The molecule has 7 heteroatoms. The van der Waals surface area contributed by atoms with Crippen LogP contribution in [0.15, 0.2) is 48.5 Å². The van der Waals surface area contributed by atoms with Crippen LogP contribution in [0.5, 0.6) is 5.75 Å². The summed E-state index contributed by atoms with van der Waals surface area (Å²) in [5.41, 5.74) is 1.35. The van der Waals surface area contributed by atoms with Gasteiger partial charge >= 0.3 is 6.03 Å². The van der Waals surface area contributed by atoms with E-state index < -0.39 is 0 Å². The Kier molecular flexibility index (Phi) is 6.47. The first-order chi connectivity index (χ1) is 13.5. The van der Waals surface area contributed by atoms with Crippen molar-refractivity contribution in [2.75, 3.05) is 25.5 Å². The second-order valence-corrected chi connectivity index (χ2v) is 6.75. The molecule has 0 unspecified atom stereocenters. The van der Waals surface area contributed by atoms with Crippen LogP contribution in [0.3, 0.4) is 0 Å². The Labute approximate surface area is 163 Å². The fourth-order valence-corrected chi connectivity index (χ4v) is 3.21. The van der Waals surface area contributed by atoms with Gasteiger partial charge in [0.1, 0.15) is 18.2 Å². The number of nitrogens with one attached hydrogen (secondary N) is 2. The summed E-state index contributed by atoms with van der Waals surface area (Å²) in [7, 11) is 1.63. The van der Waals surface area contributed by atoms with Crippen molar-refractivity contribution in [1.82, 2.24) is 10.2 Å². The molecule has 148 valence electrons. The summed E-state index contributed by atoms with van der Waals surface area (Å²) in [5.74, 6) is 0.277. The normalized spacial score (nSPS) is 14.4. The summed E-state index contributed by atoms with van der Waals surface area (Å²) in [5, 5.41) is 5.52. The first-order valence-electron chi connectivity index (χ1n) is 9.30. The van der Waals surface area contributed by atoms with Gasteiger partial charge in [-0.1, -0.05) is 18.2 Å². The summed E-state index contributed by atoms with van der Waals surface area (Å²) < 4.78 is 18.9. The third kappa shape index (κ3) is 5.22. The van der Waals surface area contributed by atoms with Gasteiger partial charge in [0.25, 0.3) is 0 Å². The zero-order valence-electron chi connectivity index (χ0n) is 15.8. The van der Waals surface area contributed by atoms with Crippen LogP contribution in [0.2, 0.25) is 0 Å². The molecule has 0 aromatic heterocycles. The van der Waals surface area contributed by atoms with Crippen LogP contribution in [0, 0.1) is 11.7 Å². The molecule has 0 saturated carbocycles. The molecule has 3 amide bonds. The Bertz CT molecular complexity index is 835. The summed E-state index contributed by atoms with van der Waals surface area (Å²) in [6.45, 7) is 1.32. The lowest BCUT2D eigenvalue weighted by Crippen LogP contribution is -2.44. The first kappa shape index (κ1) is 19.7. The quantitative estimate of drug-likeness (QED) is 0.829. The molecule has 1 aliphatic rings. The van der Waals surface area contributed by atoms with Crippen molar-refractivity contribution in [1.29, 1.82) is 0 Å². The minimum atomic E-state index is -0.303. The van der Waals surface area contributed by atoms with Gasteiger partial charge in [0.15, 0.2) is 0 Å². The molecule has 0 aliphatic carbocycles. The maximum absolute atomic E-state index is 13.2. The number of anilines is 1. The zero-order valence-corrected chi connectivity index (χ0v) is 15.8. The molecular weight excluding hydrogens is 361 g/mol. The summed E-state index contributed by atoms with van der Waals surface area (Å²) in [4.78, 5) is 25.9. The number of hydrogen-bond acceptors (Lipinski definition) is 3. The Balaban J connectivity index is 1.53. The molecule has 1 heterocycles. The standard InChI is InChI=1S/C21H24FN3O3/c1-23-20(26)16-8-10-25(11-9-16)21(27)24-18-6-3-7-19(13-18)28-14-15-4-2-5-17(22)12-15/h2-7,12-13,16H,8-11,14H2,1H3,(H,23,26)(H,24,27). The van der Waals surface area contributed by atoms with E-state index in [1.807, 2.05) is 0 Å². The van der Waals surface area contributed by atoms with Gasteiger partial charge in [0, 0.05) is 37.8 Å². The van der Waals surface area contributed by atoms with Gasteiger partial charge in [-0.2, -0.15) is 0 Å². The monoisotopic (exact) mass is 385 g/mol. The second kappa shape index (κ2) is 9.21. The fourth-order valence-electron chi connectivity index (χ4n) is 3.21. The van der Waals surface area contributed by atoms with Crippen molar-refractivity contribution in [2.45, 2.75) is 19.4 Å². The smallest absolute Gasteiger partial charge is 0.321 e. The number of hydrogen-bond donors (Lipinski definition) is 2. The van der Waals surface area contributed by atoms with E-state index in [4.69, 9.17) is 4.74 Å². The molecule has 0 bridgehead atoms. The van der Waals surface area contributed by atoms with Gasteiger partial charge in [-0.05, 0) is 42.7 Å². The average molecular weight is 385 g/mol. The Morgan fingerprint density at radius 2 is 1.89 bits per heavy atom. The Morgan fingerprint density at radius 1 is 1.14 bits per heavy atom. The molecule has 2 aromatic rings. The minimum Gasteiger partial charge on any atom is -0.489 e. The maximum atomic E-state index is 13.2. The third-order valence-corrected chi connectivity index (χ3v) is 4.78. The lowest BCUT2D eigenvalue weighted by atomic mass is 9.96. The second-order valence-electron chi connectivity index (χ2n) is 6.75. The number of piperidine rings is 1. The van der Waals surface area contributed by atoms with Crippen molar-refractivity contribution < 1.29 is 18.7 Å². The molecule has 0 spiro atoms. The number of nitrogens with zero attached hydrogens (tertiary/aromatic N) is 1. The number of amides is 3. The highest BCUT2D eigenvalue weighted by Crippen LogP contribution is 2.21. The first-order valence-corrected chi connectivity index (χ1v) is 9.30. The van der Waals surface area contributed by atoms with Gasteiger partial charge < -0.3 is 20.3 Å². The minimum absolute atomic E-state index is 0.0307. The number of benzene rings is 2. The lowest BCUT2D eigenvalue weighted by molar-refractivity contribution is -0.125. The van der Waals surface area contributed by atoms with E-state index in [1.165, 1.54) is 12.1 Å². The Morgan fingerprint density at radius 3 is 2.61 bits per heavy atom. The van der Waals surface area contributed by atoms with Crippen LogP contribution in [-0.2, 0) is 11.4 Å². The Hall–Kier alpha value is -3.09. The van der Waals surface area contributed by atoms with Crippen LogP contribution < -0.4 is 15.4 Å². The summed E-state index contributed by atoms with van der Waals surface area (Å²) in [6, 6.07) is 13.1. The van der Waals surface area contributed by atoms with E-state index >= 15 is 0 Å². The van der Waals surface area contributed by atoms with Crippen LogP contribution in [0.4, 0.5) is 14.9 Å². The molecule has 3 rings (SSSR count). The number of carbonyl (C=O) groups is 2. The number of urea groups is 1. The molecule has 6 nitrogen and oxygen atoms in total. The third-order valence-electron chi connectivity index (χ3n) is 4.78. The number of carbonyl (C=O) groups excluding carboxylic acids is 2. The molecule has 2 N–H and O–H groups in total. The van der Waals surface area contributed by atoms with E-state index in [2.05, 4.69) is 10.6 Å². The van der Waals surface area contributed by atoms with Gasteiger partial charge in [-0.3, -0.25) is 4.79 Å². The fraction of sp³-hybridized carbons (Fsp3) is 0.333. The summed E-state index contributed by atoms with van der Waals surface area (Å²) >= 11 is 0. The van der Waals surface area contributed by atoms with Gasteiger partial charge in [0.2, 0.25) is 5.91 Å².